The lowest BCUT2D eigenvalue weighted by Gasteiger charge is -2.25. The van der Waals surface area contributed by atoms with Crippen molar-refractivity contribution in [2.24, 2.45) is 0 Å². The molecule has 158 valence electrons. The van der Waals surface area contributed by atoms with Gasteiger partial charge in [0.1, 0.15) is 0 Å². The van der Waals surface area contributed by atoms with Crippen molar-refractivity contribution >= 4 is 28.7 Å². The third kappa shape index (κ3) is 4.78. The molecule has 0 N–H and O–H groups in total. The zero-order valence-electron chi connectivity index (χ0n) is 18.4. The van der Waals surface area contributed by atoms with Crippen LogP contribution in [0.15, 0.2) is 146 Å². The van der Waals surface area contributed by atoms with Crippen LogP contribution in [0, 0.1) is 0 Å². The average Bonchev–Trinajstić information content (AvgIpc) is 2.90. The highest BCUT2D eigenvalue weighted by atomic mass is 15.1. The second-order valence-electron chi connectivity index (χ2n) is 7.89. The van der Waals surface area contributed by atoms with Crippen LogP contribution in [-0.4, -0.2) is 0 Å². The highest BCUT2D eigenvalue weighted by molar-refractivity contribution is 5.92. The summed E-state index contributed by atoms with van der Waals surface area (Å²) in [5.41, 5.74) is 8.20. The summed E-state index contributed by atoms with van der Waals surface area (Å²) in [5.74, 6) is 0. The molecule has 5 aromatic rings. The third-order valence-electron chi connectivity index (χ3n) is 5.66. The monoisotopic (exact) mass is 423 g/mol. The lowest BCUT2D eigenvalue weighted by Crippen LogP contribution is -2.09. The summed E-state index contributed by atoms with van der Waals surface area (Å²) in [6, 6.07) is 50.9. The van der Waals surface area contributed by atoms with E-state index in [2.05, 4.69) is 157 Å². The van der Waals surface area contributed by atoms with Crippen molar-refractivity contribution in [2.45, 2.75) is 0 Å². The van der Waals surface area contributed by atoms with Gasteiger partial charge in [-0.05, 0) is 64.7 Å². The molecule has 1 heteroatoms. The number of hydrogen-bond acceptors (Lipinski definition) is 1. The van der Waals surface area contributed by atoms with E-state index in [1.165, 1.54) is 22.3 Å². The van der Waals surface area contributed by atoms with Crippen LogP contribution in [0.2, 0.25) is 0 Å². The van der Waals surface area contributed by atoms with Crippen LogP contribution in [0.5, 0.6) is 0 Å². The summed E-state index contributed by atoms with van der Waals surface area (Å²) in [5, 5.41) is 0. The second kappa shape index (κ2) is 9.84. The summed E-state index contributed by atoms with van der Waals surface area (Å²) in [6.45, 7) is 0. The van der Waals surface area contributed by atoms with Gasteiger partial charge in [0.05, 0.1) is 0 Å². The van der Waals surface area contributed by atoms with Gasteiger partial charge in [-0.3, -0.25) is 0 Å². The van der Waals surface area contributed by atoms with E-state index in [0.29, 0.717) is 0 Å². The maximum Gasteiger partial charge on any atom is 0.0462 e. The first-order valence-corrected chi connectivity index (χ1v) is 11.2. The molecule has 0 aromatic heterocycles. The fourth-order valence-corrected chi connectivity index (χ4v) is 4.06. The molecule has 0 saturated carbocycles. The van der Waals surface area contributed by atoms with Crippen LogP contribution < -0.4 is 4.90 Å². The quantitative estimate of drug-likeness (QED) is 0.247. The number of benzene rings is 5. The first-order valence-electron chi connectivity index (χ1n) is 11.2. The number of anilines is 3. The second-order valence-corrected chi connectivity index (χ2v) is 7.89. The van der Waals surface area contributed by atoms with Gasteiger partial charge >= 0.3 is 0 Å². The number of para-hydroxylation sites is 2. The van der Waals surface area contributed by atoms with Gasteiger partial charge in [0.25, 0.3) is 0 Å². The number of hydrogen-bond donors (Lipinski definition) is 0. The Morgan fingerprint density at radius 2 is 0.788 bits per heavy atom. The Balaban J connectivity index is 1.57. The highest BCUT2D eigenvalue weighted by Gasteiger charge is 2.13. The van der Waals surface area contributed by atoms with E-state index in [1.54, 1.807) is 0 Å². The van der Waals surface area contributed by atoms with Crippen LogP contribution >= 0.6 is 0 Å². The first kappa shape index (κ1) is 20.5. The van der Waals surface area contributed by atoms with Crippen LogP contribution in [0.1, 0.15) is 16.7 Å². The molecular weight excluding hydrogens is 398 g/mol. The van der Waals surface area contributed by atoms with Crippen LogP contribution in [0.25, 0.3) is 11.6 Å². The molecule has 0 bridgehead atoms. The standard InChI is InChI=1S/C32H25N/c1-5-13-26(14-6-1)25-32(27-15-7-2-8-16-27)28-21-23-31(24-22-28)33(29-17-9-3-10-18-29)30-19-11-4-12-20-30/h1-25H. The zero-order valence-corrected chi connectivity index (χ0v) is 18.4. The summed E-state index contributed by atoms with van der Waals surface area (Å²) >= 11 is 0. The molecule has 0 aliphatic carbocycles. The molecular formula is C32H25N. The van der Waals surface area contributed by atoms with Crippen molar-refractivity contribution in [2.75, 3.05) is 4.90 Å². The summed E-state index contributed by atoms with van der Waals surface area (Å²) in [4.78, 5) is 2.28. The minimum Gasteiger partial charge on any atom is -0.311 e. The molecule has 5 rings (SSSR count). The zero-order chi connectivity index (χ0) is 22.3. The molecule has 0 heterocycles. The minimum atomic E-state index is 1.13. The van der Waals surface area contributed by atoms with E-state index in [1.807, 2.05) is 0 Å². The van der Waals surface area contributed by atoms with Crippen molar-refractivity contribution in [1.29, 1.82) is 0 Å². The first-order chi connectivity index (χ1) is 16.4. The molecule has 0 amide bonds. The molecule has 33 heavy (non-hydrogen) atoms. The Labute approximate surface area is 195 Å². The van der Waals surface area contributed by atoms with Gasteiger partial charge in [0, 0.05) is 17.1 Å². The van der Waals surface area contributed by atoms with Crippen molar-refractivity contribution in [3.63, 3.8) is 0 Å². The van der Waals surface area contributed by atoms with Gasteiger partial charge in [0.2, 0.25) is 0 Å². The predicted octanol–water partition coefficient (Wildman–Crippen LogP) is 8.75. The SMILES string of the molecule is C(=C(c1ccccc1)c1ccc(N(c2ccccc2)c2ccccc2)cc1)c1ccccc1. The van der Waals surface area contributed by atoms with Gasteiger partial charge in [-0.2, -0.15) is 0 Å². The lowest BCUT2D eigenvalue weighted by atomic mass is 9.95. The molecule has 0 saturated heterocycles. The molecule has 0 atom stereocenters. The normalized spacial score (nSPS) is 11.2. The van der Waals surface area contributed by atoms with Gasteiger partial charge in [-0.15, -0.1) is 0 Å². The molecule has 0 spiro atoms. The Bertz CT molecular complexity index is 1270. The van der Waals surface area contributed by atoms with E-state index in [-0.39, 0.29) is 0 Å². The van der Waals surface area contributed by atoms with Gasteiger partial charge in [0.15, 0.2) is 0 Å². The van der Waals surface area contributed by atoms with Crippen molar-refractivity contribution in [3.8, 4) is 0 Å². The minimum absolute atomic E-state index is 1.13. The molecule has 1 nitrogen and oxygen atoms in total. The van der Waals surface area contributed by atoms with E-state index in [4.69, 9.17) is 0 Å². The smallest absolute Gasteiger partial charge is 0.0462 e. The number of nitrogens with zero attached hydrogens (tertiary/aromatic N) is 1. The van der Waals surface area contributed by atoms with Crippen LogP contribution in [0.4, 0.5) is 17.1 Å². The molecule has 0 aliphatic heterocycles. The van der Waals surface area contributed by atoms with Gasteiger partial charge in [-0.1, -0.05) is 109 Å². The van der Waals surface area contributed by atoms with Gasteiger partial charge < -0.3 is 4.90 Å². The Kier molecular flexibility index (Phi) is 6.13. The molecule has 0 unspecified atom stereocenters. The average molecular weight is 424 g/mol. The fourth-order valence-electron chi connectivity index (χ4n) is 4.06. The van der Waals surface area contributed by atoms with Crippen LogP contribution in [-0.2, 0) is 0 Å². The molecule has 0 radical (unpaired) electrons. The van der Waals surface area contributed by atoms with Gasteiger partial charge in [-0.25, -0.2) is 0 Å². The van der Waals surface area contributed by atoms with E-state index >= 15 is 0 Å². The maximum atomic E-state index is 2.28. The van der Waals surface area contributed by atoms with E-state index in [0.717, 1.165) is 17.1 Å². The fraction of sp³-hybridized carbons (Fsp3) is 0. The third-order valence-corrected chi connectivity index (χ3v) is 5.66. The number of rotatable bonds is 6. The topological polar surface area (TPSA) is 3.24 Å². The summed E-state index contributed by atoms with van der Waals surface area (Å²) in [6.07, 6.45) is 2.26. The maximum absolute atomic E-state index is 2.28. The molecule has 5 aromatic carbocycles. The molecule has 0 fully saturated rings. The Hall–Kier alpha value is -4.36. The predicted molar refractivity (Wildman–Crippen MR) is 141 cm³/mol. The molecule has 0 aliphatic rings. The van der Waals surface area contributed by atoms with Crippen LogP contribution in [0.3, 0.4) is 0 Å². The summed E-state index contributed by atoms with van der Waals surface area (Å²) < 4.78 is 0. The van der Waals surface area contributed by atoms with Crippen molar-refractivity contribution < 1.29 is 0 Å². The van der Waals surface area contributed by atoms with E-state index in [9.17, 15) is 0 Å². The highest BCUT2D eigenvalue weighted by Crippen LogP contribution is 2.35. The van der Waals surface area contributed by atoms with E-state index < -0.39 is 0 Å². The lowest BCUT2D eigenvalue weighted by molar-refractivity contribution is 1.28. The Morgan fingerprint density at radius 3 is 1.30 bits per heavy atom. The largest absolute Gasteiger partial charge is 0.311 e. The van der Waals surface area contributed by atoms with Crippen molar-refractivity contribution in [3.05, 3.63) is 162 Å². The Morgan fingerprint density at radius 1 is 0.394 bits per heavy atom. The summed E-state index contributed by atoms with van der Waals surface area (Å²) in [7, 11) is 0. The van der Waals surface area contributed by atoms with Crippen molar-refractivity contribution in [1.82, 2.24) is 0 Å².